The van der Waals surface area contributed by atoms with Crippen molar-refractivity contribution in [1.82, 2.24) is 10.2 Å². The molecule has 1 aromatic rings. The molecule has 0 aliphatic carbocycles. The molecule has 0 spiro atoms. The van der Waals surface area contributed by atoms with Crippen molar-refractivity contribution in [3.8, 4) is 6.07 Å². The van der Waals surface area contributed by atoms with E-state index < -0.39 is 0 Å². The van der Waals surface area contributed by atoms with E-state index in [9.17, 15) is 10.1 Å². The van der Waals surface area contributed by atoms with Crippen LogP contribution in [0.25, 0.3) is 0 Å². The topological polar surface area (TPSA) is 56.1 Å². The first-order valence-electron chi connectivity index (χ1n) is 6.66. The Labute approximate surface area is 114 Å². The smallest absolute Gasteiger partial charge is 0.237 e. The summed E-state index contributed by atoms with van der Waals surface area (Å²) in [6.45, 7) is 1.52. The molecule has 1 heterocycles. The Hall–Kier alpha value is -1.86. The second-order valence-corrected chi connectivity index (χ2v) is 4.86. The van der Waals surface area contributed by atoms with Gasteiger partial charge in [-0.15, -0.1) is 0 Å². The number of carbonyl (C=O) groups is 1. The van der Waals surface area contributed by atoms with Crippen LogP contribution in [0.1, 0.15) is 24.3 Å². The highest BCUT2D eigenvalue weighted by Gasteiger charge is 2.31. The highest BCUT2D eigenvalue weighted by atomic mass is 16.2. The number of nitriles is 1. The second-order valence-electron chi connectivity index (χ2n) is 4.86. The molecule has 19 heavy (non-hydrogen) atoms. The van der Waals surface area contributed by atoms with Gasteiger partial charge >= 0.3 is 0 Å². The van der Waals surface area contributed by atoms with Crippen LogP contribution in [0.3, 0.4) is 0 Å². The fourth-order valence-corrected chi connectivity index (χ4v) is 2.65. The Morgan fingerprint density at radius 1 is 1.53 bits per heavy atom. The van der Waals surface area contributed by atoms with Crippen molar-refractivity contribution in [2.45, 2.75) is 24.8 Å². The maximum absolute atomic E-state index is 11.8. The molecule has 1 saturated heterocycles. The average molecular weight is 257 g/mol. The Bertz CT molecular complexity index is 466. The van der Waals surface area contributed by atoms with E-state index in [-0.39, 0.29) is 17.9 Å². The zero-order valence-electron chi connectivity index (χ0n) is 11.2. The molecule has 0 radical (unpaired) electrons. The molecule has 1 N–H and O–H groups in total. The summed E-state index contributed by atoms with van der Waals surface area (Å²) >= 11 is 0. The van der Waals surface area contributed by atoms with E-state index in [4.69, 9.17) is 0 Å². The number of hydrogen-bond acceptors (Lipinski definition) is 3. The molecular formula is C15H19N3O. The van der Waals surface area contributed by atoms with Gasteiger partial charge in [-0.1, -0.05) is 30.3 Å². The zero-order valence-corrected chi connectivity index (χ0v) is 11.2. The predicted molar refractivity (Wildman–Crippen MR) is 73.5 cm³/mol. The van der Waals surface area contributed by atoms with Gasteiger partial charge in [0.1, 0.15) is 0 Å². The third-order valence-electron chi connectivity index (χ3n) is 3.69. The van der Waals surface area contributed by atoms with Crippen LogP contribution in [0.15, 0.2) is 30.3 Å². The molecular weight excluding hydrogens is 238 g/mol. The lowest BCUT2D eigenvalue weighted by Gasteiger charge is -2.25. The Morgan fingerprint density at radius 2 is 2.26 bits per heavy atom. The number of likely N-dealkylation sites (N-methyl/N-ethyl adjacent to an activating group) is 1. The van der Waals surface area contributed by atoms with Gasteiger partial charge < -0.3 is 5.32 Å². The second kappa shape index (κ2) is 6.35. The third kappa shape index (κ3) is 3.12. The van der Waals surface area contributed by atoms with Crippen LogP contribution in [-0.4, -0.2) is 37.0 Å². The zero-order chi connectivity index (χ0) is 13.7. The fraction of sp³-hybridized carbons (Fsp3) is 0.467. The first-order chi connectivity index (χ1) is 9.26. The molecule has 100 valence electrons. The number of carbonyl (C=O) groups excluding carboxylic acids is 1. The third-order valence-corrected chi connectivity index (χ3v) is 3.69. The molecule has 4 nitrogen and oxygen atoms in total. The lowest BCUT2D eigenvalue weighted by Crippen LogP contribution is -2.43. The molecule has 1 aliphatic heterocycles. The van der Waals surface area contributed by atoms with Crippen LogP contribution in [0.2, 0.25) is 0 Å². The molecule has 0 saturated carbocycles. The Balaban J connectivity index is 2.07. The molecule has 1 fully saturated rings. The summed E-state index contributed by atoms with van der Waals surface area (Å²) in [7, 11) is 1.66. The molecule has 2 atom stereocenters. The summed E-state index contributed by atoms with van der Waals surface area (Å²) in [5.74, 6) is -0.117. The molecule has 2 rings (SSSR count). The molecule has 1 amide bonds. The molecule has 1 aromatic carbocycles. The normalized spacial score (nSPS) is 20.7. The van der Waals surface area contributed by atoms with Gasteiger partial charge in [0.2, 0.25) is 5.91 Å². The summed E-state index contributed by atoms with van der Waals surface area (Å²) in [5.41, 5.74) is 1.02. The van der Waals surface area contributed by atoms with Gasteiger partial charge in [-0.05, 0) is 24.9 Å². The first kappa shape index (κ1) is 13.6. The van der Waals surface area contributed by atoms with Gasteiger partial charge in [0.05, 0.1) is 18.0 Å². The van der Waals surface area contributed by atoms with Gasteiger partial charge in [0.15, 0.2) is 0 Å². The van der Waals surface area contributed by atoms with Crippen molar-refractivity contribution >= 4 is 5.91 Å². The van der Waals surface area contributed by atoms with E-state index in [1.54, 1.807) is 7.05 Å². The number of nitrogens with one attached hydrogen (secondary N) is 1. The highest BCUT2D eigenvalue weighted by Crippen LogP contribution is 2.23. The van der Waals surface area contributed by atoms with Crippen molar-refractivity contribution in [2.24, 2.45) is 0 Å². The lowest BCUT2D eigenvalue weighted by atomic mass is 10.00. The Morgan fingerprint density at radius 3 is 2.89 bits per heavy atom. The van der Waals surface area contributed by atoms with Gasteiger partial charge in [0.25, 0.3) is 0 Å². The Kier molecular flexibility index (Phi) is 4.53. The highest BCUT2D eigenvalue weighted by molar-refractivity contribution is 5.81. The minimum atomic E-state index is -0.175. The first-order valence-corrected chi connectivity index (χ1v) is 6.66. The SMILES string of the molecule is CNC(=O)C1CCCN1CC(C#N)c1ccccc1. The van der Waals surface area contributed by atoms with Crippen molar-refractivity contribution in [3.63, 3.8) is 0 Å². The van der Waals surface area contributed by atoms with E-state index in [0.29, 0.717) is 6.54 Å². The van der Waals surface area contributed by atoms with Crippen LogP contribution >= 0.6 is 0 Å². The van der Waals surface area contributed by atoms with Crippen molar-refractivity contribution in [1.29, 1.82) is 5.26 Å². The maximum Gasteiger partial charge on any atom is 0.237 e. The quantitative estimate of drug-likeness (QED) is 0.889. The van der Waals surface area contributed by atoms with Crippen molar-refractivity contribution < 1.29 is 4.79 Å². The summed E-state index contributed by atoms with van der Waals surface area (Å²) in [4.78, 5) is 13.9. The van der Waals surface area contributed by atoms with E-state index in [2.05, 4.69) is 16.3 Å². The average Bonchev–Trinajstić information content (AvgIpc) is 2.93. The van der Waals surface area contributed by atoms with Gasteiger partial charge in [0, 0.05) is 13.6 Å². The number of nitrogens with zero attached hydrogens (tertiary/aromatic N) is 2. The van der Waals surface area contributed by atoms with Crippen LogP contribution in [0.4, 0.5) is 0 Å². The molecule has 4 heteroatoms. The van der Waals surface area contributed by atoms with Gasteiger partial charge in [-0.2, -0.15) is 5.26 Å². The molecule has 2 unspecified atom stereocenters. The number of rotatable bonds is 4. The summed E-state index contributed by atoms with van der Waals surface area (Å²) in [6, 6.07) is 12.0. The van der Waals surface area contributed by atoms with E-state index >= 15 is 0 Å². The number of amides is 1. The van der Waals surface area contributed by atoms with Crippen LogP contribution in [-0.2, 0) is 4.79 Å². The van der Waals surface area contributed by atoms with Crippen molar-refractivity contribution in [2.75, 3.05) is 20.1 Å². The number of likely N-dealkylation sites (tertiary alicyclic amines) is 1. The minimum absolute atomic E-state index is 0.0576. The fourth-order valence-electron chi connectivity index (χ4n) is 2.65. The summed E-state index contributed by atoms with van der Waals surface area (Å²) < 4.78 is 0. The maximum atomic E-state index is 11.8. The van der Waals surface area contributed by atoms with Crippen LogP contribution in [0, 0.1) is 11.3 Å². The van der Waals surface area contributed by atoms with Gasteiger partial charge in [-0.25, -0.2) is 0 Å². The van der Waals surface area contributed by atoms with E-state index in [1.807, 2.05) is 30.3 Å². The van der Waals surface area contributed by atoms with Crippen LogP contribution < -0.4 is 5.32 Å². The lowest BCUT2D eigenvalue weighted by molar-refractivity contribution is -0.125. The largest absolute Gasteiger partial charge is 0.358 e. The van der Waals surface area contributed by atoms with Crippen LogP contribution in [0.5, 0.6) is 0 Å². The summed E-state index contributed by atoms with van der Waals surface area (Å²) in [6.07, 6.45) is 1.90. The standard InChI is InChI=1S/C15H19N3O/c1-17-15(19)14-8-5-9-18(14)11-13(10-16)12-6-3-2-4-7-12/h2-4,6-7,13-14H,5,8-9,11H2,1H3,(H,17,19). The van der Waals surface area contributed by atoms with Gasteiger partial charge in [-0.3, -0.25) is 9.69 Å². The van der Waals surface area contributed by atoms with Crippen molar-refractivity contribution in [3.05, 3.63) is 35.9 Å². The number of hydrogen-bond donors (Lipinski definition) is 1. The molecule has 0 bridgehead atoms. The van der Waals surface area contributed by atoms with E-state index in [0.717, 1.165) is 24.9 Å². The minimum Gasteiger partial charge on any atom is -0.358 e. The monoisotopic (exact) mass is 257 g/mol. The molecule has 0 aromatic heterocycles. The number of benzene rings is 1. The van der Waals surface area contributed by atoms with E-state index in [1.165, 1.54) is 0 Å². The predicted octanol–water partition coefficient (Wildman–Crippen LogP) is 1.50. The summed E-state index contributed by atoms with van der Waals surface area (Å²) in [5, 5.41) is 12.0. The molecule has 1 aliphatic rings.